The van der Waals surface area contributed by atoms with Crippen LogP contribution in [0.25, 0.3) is 11.1 Å². The van der Waals surface area contributed by atoms with E-state index in [0.29, 0.717) is 12.0 Å². The Balaban J connectivity index is 0.000000315. The van der Waals surface area contributed by atoms with Gasteiger partial charge in [-0.15, -0.1) is 0 Å². The zero-order valence-electron chi connectivity index (χ0n) is 11.9. The molecule has 0 radical (unpaired) electrons. The number of aliphatic hydroxyl groups is 2. The number of carboxylic acid groups (broad SMARTS) is 1. The van der Waals surface area contributed by atoms with E-state index in [9.17, 15) is 4.79 Å². The lowest BCUT2D eigenvalue weighted by Gasteiger charge is -2.05. The van der Waals surface area contributed by atoms with E-state index in [1.165, 1.54) is 0 Å². The number of aromatic carboxylic acids is 1. The van der Waals surface area contributed by atoms with Gasteiger partial charge >= 0.3 is 5.97 Å². The maximum absolute atomic E-state index is 11.0. The van der Waals surface area contributed by atoms with E-state index in [1.807, 2.05) is 49.4 Å². The maximum atomic E-state index is 11.0. The van der Waals surface area contributed by atoms with Gasteiger partial charge in [0.1, 0.15) is 0 Å². The standard InChI is InChI=1S/C13H10O2.C4H10O2/c14-13(15)12-9-5-4-8-11(12)10-6-2-1-3-7-10;1-2-3-4(5)6/h1-9H,(H,14,15);4-6H,2-3H2,1H3. The number of benzene rings is 2. The van der Waals surface area contributed by atoms with Crippen LogP contribution in [0.1, 0.15) is 30.1 Å². The van der Waals surface area contributed by atoms with Crippen LogP contribution in [0, 0.1) is 0 Å². The fourth-order valence-electron chi connectivity index (χ4n) is 1.80. The minimum Gasteiger partial charge on any atom is -0.478 e. The average molecular weight is 288 g/mol. The molecule has 0 heterocycles. The van der Waals surface area contributed by atoms with E-state index in [1.54, 1.807) is 12.1 Å². The molecule has 2 rings (SSSR count). The van der Waals surface area contributed by atoms with Crippen molar-refractivity contribution in [2.75, 3.05) is 0 Å². The van der Waals surface area contributed by atoms with Crippen LogP contribution in [-0.4, -0.2) is 27.6 Å². The molecular formula is C17H20O4. The van der Waals surface area contributed by atoms with Crippen molar-refractivity contribution in [3.63, 3.8) is 0 Å². The van der Waals surface area contributed by atoms with Crippen LogP contribution in [0.15, 0.2) is 54.6 Å². The van der Waals surface area contributed by atoms with Gasteiger partial charge in [-0.05, 0) is 23.6 Å². The third-order valence-electron chi connectivity index (χ3n) is 2.79. The smallest absolute Gasteiger partial charge is 0.336 e. The van der Waals surface area contributed by atoms with Gasteiger partial charge in [-0.2, -0.15) is 0 Å². The first-order valence-corrected chi connectivity index (χ1v) is 6.80. The van der Waals surface area contributed by atoms with Crippen LogP contribution in [0.4, 0.5) is 0 Å². The largest absolute Gasteiger partial charge is 0.478 e. The van der Waals surface area contributed by atoms with Crippen molar-refractivity contribution in [2.24, 2.45) is 0 Å². The first kappa shape index (κ1) is 16.9. The van der Waals surface area contributed by atoms with Gasteiger partial charge in [0, 0.05) is 0 Å². The van der Waals surface area contributed by atoms with Gasteiger partial charge < -0.3 is 15.3 Å². The van der Waals surface area contributed by atoms with Crippen LogP contribution in [0.5, 0.6) is 0 Å². The van der Waals surface area contributed by atoms with E-state index in [2.05, 4.69) is 0 Å². The van der Waals surface area contributed by atoms with Gasteiger partial charge in [0.15, 0.2) is 6.29 Å². The van der Waals surface area contributed by atoms with Crippen molar-refractivity contribution in [3.8, 4) is 11.1 Å². The summed E-state index contributed by atoms with van der Waals surface area (Å²) in [6.07, 6.45) is 0.215. The van der Waals surface area contributed by atoms with E-state index >= 15 is 0 Å². The first-order chi connectivity index (χ1) is 10.1. The zero-order valence-corrected chi connectivity index (χ0v) is 11.9. The van der Waals surface area contributed by atoms with Gasteiger partial charge in [0.2, 0.25) is 0 Å². The van der Waals surface area contributed by atoms with E-state index < -0.39 is 12.3 Å². The number of aliphatic hydroxyl groups excluding tert-OH is 1. The first-order valence-electron chi connectivity index (χ1n) is 6.80. The van der Waals surface area contributed by atoms with Crippen molar-refractivity contribution >= 4 is 5.97 Å². The molecule has 4 nitrogen and oxygen atoms in total. The van der Waals surface area contributed by atoms with Crippen LogP contribution in [-0.2, 0) is 0 Å². The molecule has 4 heteroatoms. The van der Waals surface area contributed by atoms with E-state index in [0.717, 1.165) is 17.5 Å². The van der Waals surface area contributed by atoms with Gasteiger partial charge in [-0.25, -0.2) is 4.79 Å². The van der Waals surface area contributed by atoms with Crippen molar-refractivity contribution in [2.45, 2.75) is 26.1 Å². The molecule has 2 aromatic rings. The Kier molecular flexibility index (Phi) is 7.15. The summed E-state index contributed by atoms with van der Waals surface area (Å²) in [6.45, 7) is 1.90. The molecule has 0 atom stereocenters. The summed E-state index contributed by atoms with van der Waals surface area (Å²) < 4.78 is 0. The van der Waals surface area contributed by atoms with Gasteiger partial charge in [-0.3, -0.25) is 0 Å². The zero-order chi connectivity index (χ0) is 15.7. The second-order valence-electron chi connectivity index (χ2n) is 4.49. The van der Waals surface area contributed by atoms with Gasteiger partial charge in [0.25, 0.3) is 0 Å². The van der Waals surface area contributed by atoms with Crippen molar-refractivity contribution in [3.05, 3.63) is 60.2 Å². The third-order valence-corrected chi connectivity index (χ3v) is 2.79. The maximum Gasteiger partial charge on any atom is 0.336 e. The minimum atomic E-state index is -1.10. The molecule has 0 saturated carbocycles. The molecule has 0 bridgehead atoms. The van der Waals surface area contributed by atoms with Crippen molar-refractivity contribution in [1.29, 1.82) is 0 Å². The molecule has 0 fully saturated rings. The summed E-state index contributed by atoms with van der Waals surface area (Å²) in [7, 11) is 0. The molecule has 0 unspecified atom stereocenters. The highest BCUT2D eigenvalue weighted by atomic mass is 16.5. The molecule has 0 saturated heterocycles. The fourth-order valence-corrected chi connectivity index (χ4v) is 1.80. The number of hydrogen-bond acceptors (Lipinski definition) is 3. The molecular weight excluding hydrogens is 268 g/mol. The second-order valence-corrected chi connectivity index (χ2v) is 4.49. The third kappa shape index (κ3) is 5.77. The molecule has 3 N–H and O–H groups in total. The highest BCUT2D eigenvalue weighted by molar-refractivity contribution is 5.95. The van der Waals surface area contributed by atoms with E-state index in [4.69, 9.17) is 15.3 Å². The fraction of sp³-hybridized carbons (Fsp3) is 0.235. The molecule has 0 aliphatic rings. The second kappa shape index (κ2) is 8.89. The Bertz CT molecular complexity index is 550. The number of carbonyl (C=O) groups is 1. The lowest BCUT2D eigenvalue weighted by molar-refractivity contribution is -0.0453. The molecule has 21 heavy (non-hydrogen) atoms. The van der Waals surface area contributed by atoms with Crippen LogP contribution >= 0.6 is 0 Å². The van der Waals surface area contributed by atoms with Crippen LogP contribution in [0.2, 0.25) is 0 Å². The summed E-state index contributed by atoms with van der Waals surface area (Å²) in [5.41, 5.74) is 2.02. The summed E-state index contributed by atoms with van der Waals surface area (Å²) in [6, 6.07) is 16.5. The predicted molar refractivity (Wildman–Crippen MR) is 82.0 cm³/mol. The molecule has 2 aromatic carbocycles. The van der Waals surface area contributed by atoms with Crippen molar-refractivity contribution in [1.82, 2.24) is 0 Å². The van der Waals surface area contributed by atoms with E-state index in [-0.39, 0.29) is 0 Å². The molecule has 0 aliphatic carbocycles. The Morgan fingerprint density at radius 1 is 1.00 bits per heavy atom. The molecule has 0 aliphatic heterocycles. The Morgan fingerprint density at radius 3 is 2.05 bits per heavy atom. The average Bonchev–Trinajstić information content (AvgIpc) is 2.48. The SMILES string of the molecule is CCCC(O)O.O=C(O)c1ccccc1-c1ccccc1. The minimum absolute atomic E-state index is 0.337. The van der Waals surface area contributed by atoms with Crippen LogP contribution < -0.4 is 0 Å². The van der Waals surface area contributed by atoms with Gasteiger partial charge in [-0.1, -0.05) is 61.9 Å². The summed E-state index contributed by atoms with van der Waals surface area (Å²) in [4.78, 5) is 11.0. The van der Waals surface area contributed by atoms with Crippen molar-refractivity contribution < 1.29 is 20.1 Å². The molecule has 0 aromatic heterocycles. The predicted octanol–water partition coefficient (Wildman–Crippen LogP) is 3.15. The Morgan fingerprint density at radius 2 is 1.57 bits per heavy atom. The quantitative estimate of drug-likeness (QED) is 0.755. The lowest BCUT2D eigenvalue weighted by atomic mass is 10.00. The topological polar surface area (TPSA) is 77.8 Å². The Hall–Kier alpha value is -2.17. The highest BCUT2D eigenvalue weighted by Crippen LogP contribution is 2.22. The highest BCUT2D eigenvalue weighted by Gasteiger charge is 2.09. The molecule has 0 spiro atoms. The Labute approximate surface area is 124 Å². The monoisotopic (exact) mass is 288 g/mol. The number of rotatable bonds is 4. The molecule has 112 valence electrons. The summed E-state index contributed by atoms with van der Waals surface area (Å²) in [5, 5.41) is 25.2. The summed E-state index contributed by atoms with van der Waals surface area (Å²) >= 11 is 0. The molecule has 0 amide bonds. The summed E-state index contributed by atoms with van der Waals surface area (Å²) in [5.74, 6) is -0.894. The lowest BCUT2D eigenvalue weighted by Crippen LogP contribution is -2.01. The van der Waals surface area contributed by atoms with Gasteiger partial charge in [0.05, 0.1) is 5.56 Å². The van der Waals surface area contributed by atoms with Crippen LogP contribution in [0.3, 0.4) is 0 Å². The normalized spacial score (nSPS) is 9.90. The number of carboxylic acids is 1. The number of hydrogen-bond donors (Lipinski definition) is 3.